The first kappa shape index (κ1) is 17.1. The van der Waals surface area contributed by atoms with Gasteiger partial charge in [-0.3, -0.25) is 4.79 Å². The van der Waals surface area contributed by atoms with Crippen molar-refractivity contribution in [3.05, 3.63) is 59.7 Å². The Morgan fingerprint density at radius 1 is 1.00 bits per heavy atom. The van der Waals surface area contributed by atoms with Gasteiger partial charge in [-0.1, -0.05) is 24.3 Å². The molecule has 0 atom stereocenters. The van der Waals surface area contributed by atoms with Gasteiger partial charge in [-0.25, -0.2) is 8.78 Å². The molecule has 0 radical (unpaired) electrons. The minimum atomic E-state index is -0.313. The van der Waals surface area contributed by atoms with Crippen molar-refractivity contribution in [3.63, 3.8) is 0 Å². The van der Waals surface area contributed by atoms with E-state index in [2.05, 4.69) is 0 Å². The zero-order chi connectivity index (χ0) is 16.7. The normalized spacial score (nSPS) is 10.6. The molecule has 0 aromatic heterocycles. The van der Waals surface area contributed by atoms with Crippen LogP contribution in [0.5, 0.6) is 0 Å². The topological polar surface area (TPSA) is 26.3 Å². The molecule has 0 aliphatic carbocycles. The fourth-order valence-electron chi connectivity index (χ4n) is 2.39. The number of hydrogen-bond acceptors (Lipinski definition) is 2. The molecule has 0 N–H and O–H groups in total. The molecule has 0 fully saturated rings. The lowest BCUT2D eigenvalue weighted by Crippen LogP contribution is -2.03. The molecule has 0 saturated heterocycles. The first-order valence-corrected chi connectivity index (χ1v) is 7.80. The molecule has 0 unspecified atom stereocenters. The lowest BCUT2D eigenvalue weighted by atomic mass is 10.0. The van der Waals surface area contributed by atoms with Crippen molar-refractivity contribution in [2.75, 3.05) is 6.61 Å². The Balaban J connectivity index is 1.92. The van der Waals surface area contributed by atoms with Crippen LogP contribution in [0.15, 0.2) is 42.5 Å². The van der Waals surface area contributed by atoms with Gasteiger partial charge >= 0.3 is 5.97 Å². The zero-order valence-corrected chi connectivity index (χ0v) is 13.1. The highest BCUT2D eigenvalue weighted by atomic mass is 19.1. The number of unbranched alkanes of at least 4 members (excludes halogenated alkanes) is 1. The molecular formula is C19H20F2O2. The molecule has 0 spiro atoms. The summed E-state index contributed by atoms with van der Waals surface area (Å²) in [6.07, 6.45) is 2.35. The van der Waals surface area contributed by atoms with Crippen LogP contribution in [-0.4, -0.2) is 12.6 Å². The molecule has 2 nitrogen and oxygen atoms in total. The summed E-state index contributed by atoms with van der Waals surface area (Å²) < 4.78 is 31.9. The molecule has 0 aliphatic heterocycles. The maximum Gasteiger partial charge on any atom is 0.305 e. The van der Waals surface area contributed by atoms with Crippen LogP contribution in [0.4, 0.5) is 8.78 Å². The van der Waals surface area contributed by atoms with Gasteiger partial charge in [-0.15, -0.1) is 0 Å². The molecule has 2 aromatic rings. The van der Waals surface area contributed by atoms with Crippen LogP contribution in [0.25, 0.3) is 11.1 Å². The van der Waals surface area contributed by atoms with E-state index in [1.54, 1.807) is 25.1 Å². The highest BCUT2D eigenvalue weighted by Crippen LogP contribution is 2.23. The second kappa shape index (κ2) is 8.42. The monoisotopic (exact) mass is 318 g/mol. The summed E-state index contributed by atoms with van der Waals surface area (Å²) in [5.41, 5.74) is 2.12. The Morgan fingerprint density at radius 3 is 2.35 bits per heavy atom. The Labute approximate surface area is 135 Å². The van der Waals surface area contributed by atoms with Gasteiger partial charge in [0.05, 0.1) is 6.61 Å². The predicted octanol–water partition coefficient (Wildman–Crippen LogP) is 4.91. The molecule has 0 amide bonds. The van der Waals surface area contributed by atoms with E-state index >= 15 is 0 Å². The average Bonchev–Trinajstić information content (AvgIpc) is 2.54. The standard InChI is InChI=1S/C19H20F2O2/c1-2-23-19(22)6-4-3-5-15-7-8-16(13-18(15)21)14-9-11-17(20)12-10-14/h7-13H,2-6H2,1H3. The highest BCUT2D eigenvalue weighted by Gasteiger charge is 2.07. The van der Waals surface area contributed by atoms with Gasteiger partial charge in [0.25, 0.3) is 0 Å². The molecule has 0 aliphatic rings. The third-order valence-corrected chi connectivity index (χ3v) is 3.61. The summed E-state index contributed by atoms with van der Waals surface area (Å²) in [4.78, 5) is 11.2. The van der Waals surface area contributed by atoms with E-state index in [0.717, 1.165) is 17.5 Å². The van der Waals surface area contributed by atoms with E-state index in [4.69, 9.17) is 4.74 Å². The van der Waals surface area contributed by atoms with Gasteiger partial charge in [-0.2, -0.15) is 0 Å². The van der Waals surface area contributed by atoms with Gasteiger partial charge in [0.2, 0.25) is 0 Å². The summed E-state index contributed by atoms with van der Waals surface area (Å²) in [5, 5.41) is 0. The number of rotatable bonds is 7. The van der Waals surface area contributed by atoms with E-state index in [1.165, 1.54) is 18.2 Å². The van der Waals surface area contributed by atoms with E-state index in [-0.39, 0.29) is 17.6 Å². The van der Waals surface area contributed by atoms with Crippen molar-refractivity contribution in [1.29, 1.82) is 0 Å². The smallest absolute Gasteiger partial charge is 0.305 e. The number of ether oxygens (including phenoxy) is 1. The number of esters is 1. The van der Waals surface area contributed by atoms with Crippen molar-refractivity contribution in [2.45, 2.75) is 32.6 Å². The second-order valence-electron chi connectivity index (χ2n) is 5.33. The Morgan fingerprint density at radius 2 is 1.70 bits per heavy atom. The van der Waals surface area contributed by atoms with E-state index < -0.39 is 0 Å². The Kier molecular flexibility index (Phi) is 6.27. The number of benzene rings is 2. The van der Waals surface area contributed by atoms with Crippen LogP contribution in [0.2, 0.25) is 0 Å². The first-order chi connectivity index (χ1) is 11.1. The predicted molar refractivity (Wildman–Crippen MR) is 86.0 cm³/mol. The Bertz CT molecular complexity index is 651. The molecule has 0 saturated carbocycles. The molecule has 122 valence electrons. The van der Waals surface area contributed by atoms with Crippen LogP contribution in [-0.2, 0) is 16.0 Å². The van der Waals surface area contributed by atoms with E-state index in [0.29, 0.717) is 31.4 Å². The zero-order valence-electron chi connectivity index (χ0n) is 13.1. The summed E-state index contributed by atoms with van der Waals surface area (Å²) in [6, 6.07) is 11.0. The number of carbonyl (C=O) groups excluding carboxylic acids is 1. The Hall–Kier alpha value is -2.23. The molecule has 2 rings (SSSR count). The molecule has 23 heavy (non-hydrogen) atoms. The van der Waals surface area contributed by atoms with Crippen LogP contribution in [0, 0.1) is 11.6 Å². The quantitative estimate of drug-likeness (QED) is 0.536. The van der Waals surface area contributed by atoms with Crippen molar-refractivity contribution in [1.82, 2.24) is 0 Å². The first-order valence-electron chi connectivity index (χ1n) is 7.80. The van der Waals surface area contributed by atoms with Crippen LogP contribution < -0.4 is 0 Å². The van der Waals surface area contributed by atoms with E-state index in [9.17, 15) is 13.6 Å². The number of aryl methyl sites for hydroxylation is 1. The third-order valence-electron chi connectivity index (χ3n) is 3.61. The summed E-state index contributed by atoms with van der Waals surface area (Å²) in [7, 11) is 0. The lowest BCUT2D eigenvalue weighted by Gasteiger charge is -2.07. The molecule has 4 heteroatoms. The molecule has 2 aromatic carbocycles. The van der Waals surface area contributed by atoms with Gasteiger partial charge in [0.15, 0.2) is 0 Å². The van der Waals surface area contributed by atoms with Gasteiger partial charge in [0, 0.05) is 6.42 Å². The van der Waals surface area contributed by atoms with E-state index in [1.807, 2.05) is 6.07 Å². The second-order valence-corrected chi connectivity index (χ2v) is 5.33. The van der Waals surface area contributed by atoms with Gasteiger partial charge in [0.1, 0.15) is 11.6 Å². The lowest BCUT2D eigenvalue weighted by molar-refractivity contribution is -0.143. The SMILES string of the molecule is CCOC(=O)CCCCc1ccc(-c2ccc(F)cc2)cc1F. The largest absolute Gasteiger partial charge is 0.466 e. The third kappa shape index (κ3) is 5.16. The minimum Gasteiger partial charge on any atom is -0.466 e. The summed E-state index contributed by atoms with van der Waals surface area (Å²) in [5.74, 6) is -0.796. The summed E-state index contributed by atoms with van der Waals surface area (Å²) in [6.45, 7) is 2.16. The maximum atomic E-state index is 14.2. The fraction of sp³-hybridized carbons (Fsp3) is 0.316. The van der Waals surface area contributed by atoms with Gasteiger partial charge in [-0.05, 0) is 61.1 Å². The number of hydrogen-bond donors (Lipinski definition) is 0. The van der Waals surface area contributed by atoms with Crippen molar-refractivity contribution in [3.8, 4) is 11.1 Å². The van der Waals surface area contributed by atoms with Crippen molar-refractivity contribution >= 4 is 5.97 Å². The maximum absolute atomic E-state index is 14.2. The average molecular weight is 318 g/mol. The molecule has 0 bridgehead atoms. The number of carbonyl (C=O) groups is 1. The van der Waals surface area contributed by atoms with Crippen molar-refractivity contribution < 1.29 is 18.3 Å². The number of halogens is 2. The van der Waals surface area contributed by atoms with Crippen LogP contribution in [0.3, 0.4) is 0 Å². The van der Waals surface area contributed by atoms with Crippen LogP contribution in [0.1, 0.15) is 31.7 Å². The highest BCUT2D eigenvalue weighted by molar-refractivity contribution is 5.69. The van der Waals surface area contributed by atoms with Crippen molar-refractivity contribution in [2.24, 2.45) is 0 Å². The minimum absolute atomic E-state index is 0.209. The fourth-order valence-corrected chi connectivity index (χ4v) is 2.39. The van der Waals surface area contributed by atoms with Crippen LogP contribution >= 0.6 is 0 Å². The summed E-state index contributed by atoms with van der Waals surface area (Å²) >= 11 is 0. The molecule has 0 heterocycles. The van der Waals surface area contributed by atoms with Gasteiger partial charge < -0.3 is 4.74 Å². The molecular weight excluding hydrogens is 298 g/mol.